The summed E-state index contributed by atoms with van der Waals surface area (Å²) in [5.41, 5.74) is 0. The van der Waals surface area contributed by atoms with Crippen LogP contribution in [-0.2, 0) is 4.79 Å². The van der Waals surface area contributed by atoms with E-state index in [1.165, 1.54) is 6.92 Å². The maximum Gasteiger partial charge on any atom is 0.217 e. The number of rotatable bonds is 1. The standard InChI is InChI=1S/C8H16N2O4/c1-4(11)10-5-2-9-3-6(12)8(14)7(5)13/h5-9,12-14H,2-3H2,1H3,(H,10,11)/p+1/t5-,6+,7+,8+/m0/s1. The quantitative estimate of drug-likeness (QED) is 0.302. The summed E-state index contributed by atoms with van der Waals surface area (Å²) in [5.74, 6) is -0.258. The zero-order valence-electron chi connectivity index (χ0n) is 8.05. The normalized spacial score (nSPS) is 38.9. The molecule has 6 heteroatoms. The number of hydrogen-bond donors (Lipinski definition) is 5. The summed E-state index contributed by atoms with van der Waals surface area (Å²) in [5, 5.41) is 32.6. The van der Waals surface area contributed by atoms with E-state index in [0.717, 1.165) is 0 Å². The van der Waals surface area contributed by atoms with Gasteiger partial charge in [0.2, 0.25) is 5.91 Å². The van der Waals surface area contributed by atoms with Crippen molar-refractivity contribution < 1.29 is 25.4 Å². The smallest absolute Gasteiger partial charge is 0.217 e. The van der Waals surface area contributed by atoms with Gasteiger partial charge in [0.05, 0.1) is 6.54 Å². The predicted octanol–water partition coefficient (Wildman–Crippen LogP) is -3.85. The van der Waals surface area contributed by atoms with Crippen LogP contribution < -0.4 is 10.6 Å². The molecule has 0 saturated carbocycles. The van der Waals surface area contributed by atoms with Crippen LogP contribution in [0.25, 0.3) is 0 Å². The Morgan fingerprint density at radius 2 is 1.93 bits per heavy atom. The second-order valence-electron chi connectivity index (χ2n) is 3.62. The van der Waals surface area contributed by atoms with Crippen molar-refractivity contribution in [2.24, 2.45) is 0 Å². The van der Waals surface area contributed by atoms with Gasteiger partial charge in [0, 0.05) is 6.92 Å². The summed E-state index contributed by atoms with van der Waals surface area (Å²) in [4.78, 5) is 10.8. The first-order chi connectivity index (χ1) is 6.52. The molecule has 6 N–H and O–H groups in total. The Morgan fingerprint density at radius 1 is 1.29 bits per heavy atom. The van der Waals surface area contributed by atoms with Gasteiger partial charge in [-0.2, -0.15) is 0 Å². The fourth-order valence-corrected chi connectivity index (χ4v) is 1.60. The number of aliphatic hydroxyl groups excluding tert-OH is 3. The molecule has 0 aromatic heterocycles. The zero-order valence-corrected chi connectivity index (χ0v) is 8.05. The second-order valence-corrected chi connectivity index (χ2v) is 3.62. The molecule has 14 heavy (non-hydrogen) atoms. The lowest BCUT2D eigenvalue weighted by Gasteiger charge is -2.23. The van der Waals surface area contributed by atoms with E-state index in [2.05, 4.69) is 5.32 Å². The van der Waals surface area contributed by atoms with Crippen molar-refractivity contribution >= 4 is 5.91 Å². The second kappa shape index (κ2) is 4.70. The van der Waals surface area contributed by atoms with Gasteiger partial charge in [0.1, 0.15) is 30.9 Å². The Kier molecular flexibility index (Phi) is 3.82. The Balaban J connectivity index is 2.62. The third-order valence-corrected chi connectivity index (χ3v) is 2.37. The van der Waals surface area contributed by atoms with E-state index in [1.54, 1.807) is 5.32 Å². The minimum atomic E-state index is -1.20. The molecule has 0 aromatic rings. The maximum absolute atomic E-state index is 10.8. The molecule has 0 spiro atoms. The lowest BCUT2D eigenvalue weighted by Crippen LogP contribution is -2.88. The summed E-state index contributed by atoms with van der Waals surface area (Å²) in [6.07, 6.45) is -3.28. The molecule has 6 nitrogen and oxygen atoms in total. The summed E-state index contributed by atoms with van der Waals surface area (Å²) in [6.45, 7) is 2.13. The highest BCUT2D eigenvalue weighted by molar-refractivity contribution is 5.73. The molecule has 0 aliphatic carbocycles. The van der Waals surface area contributed by atoms with Crippen molar-refractivity contribution in [1.82, 2.24) is 5.32 Å². The van der Waals surface area contributed by atoms with Gasteiger partial charge in [-0.1, -0.05) is 0 Å². The molecule has 0 radical (unpaired) electrons. The van der Waals surface area contributed by atoms with Gasteiger partial charge in [0.15, 0.2) is 0 Å². The zero-order chi connectivity index (χ0) is 10.7. The van der Waals surface area contributed by atoms with E-state index in [9.17, 15) is 20.1 Å². The fourth-order valence-electron chi connectivity index (χ4n) is 1.60. The van der Waals surface area contributed by atoms with E-state index >= 15 is 0 Å². The number of nitrogens with one attached hydrogen (secondary N) is 1. The van der Waals surface area contributed by atoms with Crippen LogP contribution in [0.4, 0.5) is 0 Å². The van der Waals surface area contributed by atoms with Crippen LogP contribution in [0.15, 0.2) is 0 Å². The van der Waals surface area contributed by atoms with Gasteiger partial charge in [-0.3, -0.25) is 4.79 Å². The Labute approximate surface area is 81.9 Å². The monoisotopic (exact) mass is 205 g/mol. The highest BCUT2D eigenvalue weighted by Gasteiger charge is 2.36. The largest absolute Gasteiger partial charge is 0.388 e. The number of nitrogens with two attached hydrogens (primary N) is 1. The van der Waals surface area contributed by atoms with E-state index < -0.39 is 24.4 Å². The molecule has 0 bridgehead atoms. The number of hydrogen-bond acceptors (Lipinski definition) is 4. The third kappa shape index (κ3) is 2.65. The molecule has 0 unspecified atom stereocenters. The summed E-state index contributed by atoms with van der Waals surface area (Å²) in [6, 6.07) is -0.514. The molecule has 1 heterocycles. The molecule has 1 fully saturated rings. The van der Waals surface area contributed by atoms with E-state index in [-0.39, 0.29) is 5.91 Å². The van der Waals surface area contributed by atoms with Crippen LogP contribution in [0.3, 0.4) is 0 Å². The van der Waals surface area contributed by atoms with Gasteiger partial charge in [-0.25, -0.2) is 0 Å². The Morgan fingerprint density at radius 3 is 2.50 bits per heavy atom. The minimum absolute atomic E-state index is 0.258. The van der Waals surface area contributed by atoms with Crippen molar-refractivity contribution in [3.63, 3.8) is 0 Å². The van der Waals surface area contributed by atoms with Crippen molar-refractivity contribution in [1.29, 1.82) is 0 Å². The number of carbonyl (C=O) groups is 1. The molecule has 82 valence electrons. The lowest BCUT2D eigenvalue weighted by atomic mass is 10.0. The fraction of sp³-hybridized carbons (Fsp3) is 0.875. The molecular weight excluding hydrogens is 188 g/mol. The first-order valence-electron chi connectivity index (χ1n) is 4.65. The van der Waals surface area contributed by atoms with Gasteiger partial charge >= 0.3 is 0 Å². The number of carbonyl (C=O) groups excluding carboxylic acids is 1. The van der Waals surface area contributed by atoms with Crippen molar-refractivity contribution in [2.75, 3.05) is 13.1 Å². The van der Waals surface area contributed by atoms with Crippen molar-refractivity contribution in [2.45, 2.75) is 31.3 Å². The predicted molar refractivity (Wildman–Crippen MR) is 47.3 cm³/mol. The SMILES string of the molecule is CC(=O)N[C@H]1C[NH2+]C[C@@H](O)[C@@H](O)[C@@H]1O. The summed E-state index contributed by atoms with van der Waals surface area (Å²) < 4.78 is 0. The average Bonchev–Trinajstić information content (AvgIpc) is 2.21. The Hall–Kier alpha value is -0.690. The lowest BCUT2D eigenvalue weighted by molar-refractivity contribution is -0.660. The highest BCUT2D eigenvalue weighted by atomic mass is 16.4. The molecule has 0 aromatic carbocycles. The molecule has 1 aliphatic rings. The molecule has 1 aliphatic heterocycles. The number of quaternary nitrogens is 1. The minimum Gasteiger partial charge on any atom is -0.388 e. The third-order valence-electron chi connectivity index (χ3n) is 2.37. The molecular formula is C8H17N2O4+. The highest BCUT2D eigenvalue weighted by Crippen LogP contribution is 2.05. The first-order valence-corrected chi connectivity index (χ1v) is 4.65. The number of amides is 1. The Bertz CT molecular complexity index is 212. The van der Waals surface area contributed by atoms with Gasteiger partial charge in [-0.05, 0) is 0 Å². The van der Waals surface area contributed by atoms with E-state index in [4.69, 9.17) is 0 Å². The van der Waals surface area contributed by atoms with Gasteiger partial charge < -0.3 is 26.0 Å². The van der Waals surface area contributed by atoms with Crippen molar-refractivity contribution in [3.05, 3.63) is 0 Å². The molecule has 1 rings (SSSR count). The average molecular weight is 205 g/mol. The molecule has 4 atom stereocenters. The van der Waals surface area contributed by atoms with E-state index in [0.29, 0.717) is 13.1 Å². The molecule has 1 amide bonds. The first kappa shape index (κ1) is 11.4. The van der Waals surface area contributed by atoms with Crippen LogP contribution >= 0.6 is 0 Å². The van der Waals surface area contributed by atoms with Gasteiger partial charge in [-0.15, -0.1) is 0 Å². The maximum atomic E-state index is 10.8. The van der Waals surface area contributed by atoms with Crippen molar-refractivity contribution in [3.8, 4) is 0 Å². The van der Waals surface area contributed by atoms with Crippen LogP contribution in [0.2, 0.25) is 0 Å². The number of aliphatic hydroxyl groups is 3. The van der Waals surface area contributed by atoms with E-state index in [1.807, 2.05) is 0 Å². The molecule has 1 saturated heterocycles. The topological polar surface area (TPSA) is 106 Å². The van der Waals surface area contributed by atoms with Crippen LogP contribution in [-0.4, -0.2) is 58.7 Å². The van der Waals surface area contributed by atoms with Crippen LogP contribution in [0, 0.1) is 0 Å². The van der Waals surface area contributed by atoms with Crippen LogP contribution in [0.1, 0.15) is 6.92 Å². The summed E-state index contributed by atoms with van der Waals surface area (Å²) in [7, 11) is 0. The van der Waals surface area contributed by atoms with Gasteiger partial charge in [0.25, 0.3) is 0 Å². The van der Waals surface area contributed by atoms with Crippen LogP contribution in [0.5, 0.6) is 0 Å². The summed E-state index contributed by atoms with van der Waals surface area (Å²) >= 11 is 0.